The number of hydrogen-bond donors (Lipinski definition) is 1. The van der Waals surface area contributed by atoms with Crippen LogP contribution in [-0.4, -0.2) is 20.7 Å². The lowest BCUT2D eigenvalue weighted by Crippen LogP contribution is -2.23. The summed E-state index contributed by atoms with van der Waals surface area (Å²) < 4.78 is 19.5. The fourth-order valence-corrected chi connectivity index (χ4v) is 3.89. The second-order valence-corrected chi connectivity index (χ2v) is 6.99. The summed E-state index contributed by atoms with van der Waals surface area (Å²) in [5.41, 5.74) is 1.55. The zero-order chi connectivity index (χ0) is 15.3. The molecule has 1 N–H and O–H groups in total. The van der Waals surface area contributed by atoms with Crippen LogP contribution < -0.4 is 10.1 Å². The number of aryl methyl sites for hydroxylation is 1. The number of benzene rings is 1. The average molecular weight is 358 g/mol. The number of rotatable bonds is 7. The van der Waals surface area contributed by atoms with Crippen molar-refractivity contribution in [2.24, 2.45) is 5.41 Å². The average Bonchev–Trinajstić information content (AvgIpc) is 2.95. The SMILES string of the molecule is CNCCC1(CCc2cc(Br)c(F)cc2OC)CCCC1. The number of ether oxygens (including phenoxy) is 1. The Kier molecular flexibility index (Phi) is 6.06. The normalized spacial score (nSPS) is 17.1. The maximum absolute atomic E-state index is 13.6. The molecule has 0 radical (unpaired) electrons. The first-order chi connectivity index (χ1) is 10.1. The van der Waals surface area contributed by atoms with Crippen molar-refractivity contribution < 1.29 is 9.13 Å². The molecule has 1 aromatic carbocycles. The molecule has 1 aromatic rings. The highest BCUT2D eigenvalue weighted by atomic mass is 79.9. The largest absolute Gasteiger partial charge is 0.496 e. The van der Waals surface area contributed by atoms with Gasteiger partial charge in [-0.2, -0.15) is 0 Å². The Bertz CT molecular complexity index is 472. The van der Waals surface area contributed by atoms with E-state index in [1.54, 1.807) is 7.11 Å². The van der Waals surface area contributed by atoms with E-state index in [4.69, 9.17) is 4.74 Å². The molecular weight excluding hydrogens is 333 g/mol. The van der Waals surface area contributed by atoms with Crippen molar-refractivity contribution in [3.8, 4) is 5.75 Å². The molecular formula is C17H25BrFNO. The second-order valence-electron chi connectivity index (χ2n) is 6.14. The zero-order valence-electron chi connectivity index (χ0n) is 13.0. The standard InChI is InChI=1S/C17H25BrFNO/c1-20-10-9-17(6-3-4-7-17)8-5-13-11-14(18)15(19)12-16(13)21-2/h11-12,20H,3-10H2,1-2H3. The van der Waals surface area contributed by atoms with Crippen molar-refractivity contribution in [2.45, 2.75) is 44.9 Å². The van der Waals surface area contributed by atoms with Gasteiger partial charge >= 0.3 is 0 Å². The van der Waals surface area contributed by atoms with Gasteiger partial charge in [0.25, 0.3) is 0 Å². The molecule has 0 amide bonds. The fraction of sp³-hybridized carbons (Fsp3) is 0.647. The van der Waals surface area contributed by atoms with Crippen molar-refractivity contribution in [3.63, 3.8) is 0 Å². The van der Waals surface area contributed by atoms with E-state index in [2.05, 4.69) is 21.2 Å². The Morgan fingerprint density at radius 3 is 2.62 bits per heavy atom. The summed E-state index contributed by atoms with van der Waals surface area (Å²) in [5, 5.41) is 3.27. The van der Waals surface area contributed by atoms with Crippen molar-refractivity contribution in [1.29, 1.82) is 0 Å². The van der Waals surface area contributed by atoms with E-state index < -0.39 is 0 Å². The molecule has 0 aromatic heterocycles. The van der Waals surface area contributed by atoms with Crippen LogP contribution in [0.1, 0.15) is 44.1 Å². The van der Waals surface area contributed by atoms with E-state index in [1.165, 1.54) is 38.2 Å². The van der Waals surface area contributed by atoms with E-state index in [9.17, 15) is 4.39 Å². The van der Waals surface area contributed by atoms with Crippen LogP contribution in [0.15, 0.2) is 16.6 Å². The summed E-state index contributed by atoms with van der Waals surface area (Å²) in [6.45, 7) is 1.07. The van der Waals surface area contributed by atoms with E-state index in [0.29, 0.717) is 15.6 Å². The third kappa shape index (κ3) is 4.19. The Morgan fingerprint density at radius 1 is 1.29 bits per heavy atom. The number of hydrogen-bond acceptors (Lipinski definition) is 2. The van der Waals surface area contributed by atoms with Gasteiger partial charge in [-0.3, -0.25) is 0 Å². The minimum atomic E-state index is -0.263. The number of nitrogens with one attached hydrogen (secondary N) is 1. The molecule has 0 bridgehead atoms. The molecule has 1 saturated carbocycles. The third-order valence-corrected chi connectivity index (χ3v) is 5.43. The van der Waals surface area contributed by atoms with Crippen molar-refractivity contribution in [1.82, 2.24) is 5.32 Å². The van der Waals surface area contributed by atoms with Gasteiger partial charge in [0.05, 0.1) is 11.6 Å². The van der Waals surface area contributed by atoms with E-state index >= 15 is 0 Å². The Balaban J connectivity index is 2.08. The Labute approximate surface area is 135 Å². The Hall–Kier alpha value is -0.610. The molecule has 0 saturated heterocycles. The van der Waals surface area contributed by atoms with Gasteiger partial charge in [-0.1, -0.05) is 12.8 Å². The smallest absolute Gasteiger partial charge is 0.141 e. The monoisotopic (exact) mass is 357 g/mol. The summed E-state index contributed by atoms with van der Waals surface area (Å²) in [6.07, 6.45) is 8.66. The van der Waals surface area contributed by atoms with Crippen LogP contribution in [-0.2, 0) is 6.42 Å². The maximum atomic E-state index is 13.6. The van der Waals surface area contributed by atoms with Gasteiger partial charge < -0.3 is 10.1 Å². The second kappa shape index (κ2) is 7.59. The first-order valence-electron chi connectivity index (χ1n) is 7.77. The molecule has 2 rings (SSSR count). The molecule has 1 aliphatic carbocycles. The van der Waals surface area contributed by atoms with E-state index in [1.807, 2.05) is 13.1 Å². The molecule has 0 spiro atoms. The van der Waals surface area contributed by atoms with Gasteiger partial charge in [0.15, 0.2) is 0 Å². The maximum Gasteiger partial charge on any atom is 0.141 e. The molecule has 1 aliphatic rings. The first kappa shape index (κ1) is 16.8. The molecule has 21 heavy (non-hydrogen) atoms. The molecule has 0 heterocycles. The van der Waals surface area contributed by atoms with Crippen molar-refractivity contribution in [2.75, 3.05) is 20.7 Å². The lowest BCUT2D eigenvalue weighted by molar-refractivity contribution is 0.246. The van der Waals surface area contributed by atoms with Crippen LogP contribution in [0.2, 0.25) is 0 Å². The van der Waals surface area contributed by atoms with Crippen molar-refractivity contribution >= 4 is 15.9 Å². The minimum Gasteiger partial charge on any atom is -0.496 e. The lowest BCUT2D eigenvalue weighted by atomic mass is 9.77. The molecule has 0 atom stereocenters. The first-order valence-corrected chi connectivity index (χ1v) is 8.56. The minimum absolute atomic E-state index is 0.263. The molecule has 1 fully saturated rings. The highest BCUT2D eigenvalue weighted by molar-refractivity contribution is 9.10. The van der Waals surface area contributed by atoms with Gasteiger partial charge in [0.2, 0.25) is 0 Å². The molecule has 118 valence electrons. The predicted octanol–water partition coefficient (Wildman–Crippen LogP) is 4.70. The van der Waals surface area contributed by atoms with Gasteiger partial charge in [0.1, 0.15) is 11.6 Å². The lowest BCUT2D eigenvalue weighted by Gasteiger charge is -2.29. The third-order valence-electron chi connectivity index (χ3n) is 4.82. The molecule has 0 unspecified atom stereocenters. The Morgan fingerprint density at radius 2 is 2.00 bits per heavy atom. The topological polar surface area (TPSA) is 21.3 Å². The zero-order valence-corrected chi connectivity index (χ0v) is 14.6. The fourth-order valence-electron chi connectivity index (χ4n) is 3.50. The highest BCUT2D eigenvalue weighted by Crippen LogP contribution is 2.45. The quantitative estimate of drug-likeness (QED) is 0.763. The highest BCUT2D eigenvalue weighted by Gasteiger charge is 2.33. The number of halogens is 2. The summed E-state index contributed by atoms with van der Waals surface area (Å²) in [5.74, 6) is 0.402. The van der Waals surface area contributed by atoms with Crippen LogP contribution in [0.3, 0.4) is 0 Å². The summed E-state index contributed by atoms with van der Waals surface area (Å²) >= 11 is 3.28. The van der Waals surface area contributed by atoms with Crippen LogP contribution in [0.25, 0.3) is 0 Å². The van der Waals surface area contributed by atoms with Crippen LogP contribution in [0.5, 0.6) is 5.75 Å². The van der Waals surface area contributed by atoms with Crippen LogP contribution in [0.4, 0.5) is 4.39 Å². The molecule has 2 nitrogen and oxygen atoms in total. The summed E-state index contributed by atoms with van der Waals surface area (Å²) in [6, 6.07) is 3.35. The number of methoxy groups -OCH3 is 1. The van der Waals surface area contributed by atoms with Gasteiger partial charge in [0, 0.05) is 6.07 Å². The molecule has 4 heteroatoms. The summed E-state index contributed by atoms with van der Waals surface area (Å²) in [4.78, 5) is 0. The van der Waals surface area contributed by atoms with Gasteiger partial charge in [-0.15, -0.1) is 0 Å². The van der Waals surface area contributed by atoms with E-state index in [-0.39, 0.29) is 5.82 Å². The van der Waals surface area contributed by atoms with Crippen molar-refractivity contribution in [3.05, 3.63) is 28.0 Å². The van der Waals surface area contributed by atoms with Crippen LogP contribution in [0, 0.1) is 11.2 Å². The van der Waals surface area contributed by atoms with Crippen LogP contribution >= 0.6 is 15.9 Å². The van der Waals surface area contributed by atoms with Gasteiger partial charge in [-0.05, 0) is 78.7 Å². The van der Waals surface area contributed by atoms with Gasteiger partial charge in [-0.25, -0.2) is 4.39 Å². The summed E-state index contributed by atoms with van der Waals surface area (Å²) in [7, 11) is 3.63. The van der Waals surface area contributed by atoms with E-state index in [0.717, 1.165) is 24.9 Å². The molecule has 0 aliphatic heterocycles. The predicted molar refractivity (Wildman–Crippen MR) is 88.4 cm³/mol.